The van der Waals surface area contributed by atoms with E-state index in [-0.39, 0.29) is 17.2 Å². The number of hydrogen-bond donors (Lipinski definition) is 1. The third-order valence-electron chi connectivity index (χ3n) is 5.37. The van der Waals surface area contributed by atoms with E-state index < -0.39 is 0 Å². The number of rotatable bonds is 8. The van der Waals surface area contributed by atoms with E-state index in [1.165, 1.54) is 10.5 Å². The number of aryl methyl sites for hydroxylation is 1. The van der Waals surface area contributed by atoms with Crippen molar-refractivity contribution in [2.45, 2.75) is 23.7 Å². The van der Waals surface area contributed by atoms with Crippen molar-refractivity contribution in [1.82, 2.24) is 10.2 Å². The van der Waals surface area contributed by atoms with Crippen LogP contribution in [0, 0.1) is 6.92 Å². The van der Waals surface area contributed by atoms with Crippen LogP contribution in [0.5, 0.6) is 0 Å². The van der Waals surface area contributed by atoms with E-state index in [1.54, 1.807) is 23.5 Å². The lowest BCUT2D eigenvalue weighted by atomic mass is 10.1. The van der Waals surface area contributed by atoms with Crippen molar-refractivity contribution in [2.75, 3.05) is 18.1 Å². The third-order valence-corrected chi connectivity index (χ3v) is 7.89. The van der Waals surface area contributed by atoms with Gasteiger partial charge in [0.1, 0.15) is 5.37 Å². The van der Waals surface area contributed by atoms with E-state index in [2.05, 4.69) is 36.5 Å². The fourth-order valence-electron chi connectivity index (χ4n) is 3.56. The molecule has 1 aliphatic heterocycles. The maximum Gasteiger partial charge on any atom is 0.251 e. The molecular formula is C26H25ClN2O2S2. The summed E-state index contributed by atoms with van der Waals surface area (Å²) in [5.41, 5.74) is 3.92. The molecule has 2 amide bonds. The summed E-state index contributed by atoms with van der Waals surface area (Å²) in [5.74, 6) is 1.30. The Morgan fingerprint density at radius 1 is 1.06 bits per heavy atom. The second-order valence-corrected chi connectivity index (χ2v) is 10.5. The van der Waals surface area contributed by atoms with E-state index in [9.17, 15) is 9.59 Å². The van der Waals surface area contributed by atoms with Crippen molar-refractivity contribution in [3.8, 4) is 0 Å². The molecule has 0 spiro atoms. The molecule has 4 rings (SSSR count). The quantitative estimate of drug-likeness (QED) is 0.309. The molecule has 1 saturated heterocycles. The number of thioether (sulfide) groups is 2. The van der Waals surface area contributed by atoms with Crippen molar-refractivity contribution in [3.63, 3.8) is 0 Å². The summed E-state index contributed by atoms with van der Waals surface area (Å²) in [4.78, 5) is 28.1. The summed E-state index contributed by atoms with van der Waals surface area (Å²) in [6.07, 6.45) is 0. The van der Waals surface area contributed by atoms with Gasteiger partial charge in [0.2, 0.25) is 5.91 Å². The molecular weight excluding hydrogens is 472 g/mol. The number of carbonyl (C=O) groups excluding carboxylic acids is 2. The average molecular weight is 497 g/mol. The van der Waals surface area contributed by atoms with Gasteiger partial charge in [-0.25, -0.2) is 0 Å². The van der Waals surface area contributed by atoms with Gasteiger partial charge in [-0.15, -0.1) is 23.5 Å². The molecule has 0 radical (unpaired) electrons. The molecule has 33 heavy (non-hydrogen) atoms. The number of nitrogens with zero attached hydrogens (tertiary/aromatic N) is 1. The standard InChI is InChI=1S/C26H25ClN2O2S2/c1-18-2-12-23(13-3-18)32-15-14-28-25(31)20-6-8-21(9-7-20)26-29(24(30)17-33-26)16-19-4-10-22(27)11-5-19/h2-13,26H,14-17H2,1H3,(H,28,31)/t26-/m0/s1. The van der Waals surface area contributed by atoms with Crippen LogP contribution in [0.1, 0.15) is 32.4 Å². The highest BCUT2D eigenvalue weighted by Gasteiger charge is 2.32. The average Bonchev–Trinajstić information content (AvgIpc) is 3.19. The second kappa shape index (κ2) is 11.1. The van der Waals surface area contributed by atoms with Crippen LogP contribution in [0.25, 0.3) is 0 Å². The monoisotopic (exact) mass is 496 g/mol. The minimum atomic E-state index is -0.0840. The molecule has 0 aliphatic carbocycles. The molecule has 1 N–H and O–H groups in total. The van der Waals surface area contributed by atoms with E-state index in [0.717, 1.165) is 16.9 Å². The number of benzene rings is 3. The Morgan fingerprint density at radius 2 is 1.76 bits per heavy atom. The highest BCUT2D eigenvalue weighted by molar-refractivity contribution is 8.00. The summed E-state index contributed by atoms with van der Waals surface area (Å²) >= 11 is 9.31. The molecule has 7 heteroatoms. The van der Waals surface area contributed by atoms with Crippen molar-refractivity contribution in [1.29, 1.82) is 0 Å². The molecule has 1 aliphatic rings. The SMILES string of the molecule is Cc1ccc(SCCNC(=O)c2ccc([C@@H]3SCC(=O)N3Cc3ccc(Cl)cc3)cc2)cc1. The minimum Gasteiger partial charge on any atom is -0.351 e. The normalized spacial score (nSPS) is 15.6. The number of nitrogens with one attached hydrogen (secondary N) is 1. The summed E-state index contributed by atoms with van der Waals surface area (Å²) in [5, 5.41) is 3.60. The van der Waals surface area contributed by atoms with Crippen LogP contribution in [-0.2, 0) is 11.3 Å². The zero-order valence-corrected chi connectivity index (χ0v) is 20.7. The molecule has 1 heterocycles. The molecule has 1 fully saturated rings. The topological polar surface area (TPSA) is 49.4 Å². The Hall–Kier alpha value is -2.41. The molecule has 4 nitrogen and oxygen atoms in total. The predicted molar refractivity (Wildman–Crippen MR) is 138 cm³/mol. The fourth-order valence-corrected chi connectivity index (χ4v) is 5.64. The summed E-state index contributed by atoms with van der Waals surface area (Å²) in [7, 11) is 0. The number of carbonyl (C=O) groups is 2. The lowest BCUT2D eigenvalue weighted by Crippen LogP contribution is -2.28. The zero-order valence-electron chi connectivity index (χ0n) is 18.3. The second-order valence-electron chi connectivity index (χ2n) is 7.85. The van der Waals surface area contributed by atoms with Crippen molar-refractivity contribution >= 4 is 46.9 Å². The van der Waals surface area contributed by atoms with Gasteiger partial charge in [-0.2, -0.15) is 0 Å². The van der Waals surface area contributed by atoms with Gasteiger partial charge in [0.25, 0.3) is 5.91 Å². The number of amides is 2. The van der Waals surface area contributed by atoms with E-state index in [0.29, 0.717) is 29.4 Å². The Bertz CT molecular complexity index is 1100. The Labute approximate surface area is 208 Å². The van der Waals surface area contributed by atoms with Gasteiger partial charge >= 0.3 is 0 Å². The van der Waals surface area contributed by atoms with Gasteiger partial charge in [-0.3, -0.25) is 9.59 Å². The smallest absolute Gasteiger partial charge is 0.251 e. The van der Waals surface area contributed by atoms with E-state index in [1.807, 2.05) is 53.4 Å². The van der Waals surface area contributed by atoms with Gasteiger partial charge in [-0.1, -0.05) is 53.6 Å². The largest absolute Gasteiger partial charge is 0.351 e. The zero-order chi connectivity index (χ0) is 23.2. The van der Waals surface area contributed by atoms with Crippen LogP contribution in [0.4, 0.5) is 0 Å². The van der Waals surface area contributed by atoms with Gasteiger partial charge < -0.3 is 10.2 Å². The van der Waals surface area contributed by atoms with Crippen molar-refractivity contribution in [2.24, 2.45) is 0 Å². The summed E-state index contributed by atoms with van der Waals surface area (Å²) in [6, 6.07) is 23.5. The molecule has 3 aromatic carbocycles. The van der Waals surface area contributed by atoms with Crippen LogP contribution < -0.4 is 5.32 Å². The van der Waals surface area contributed by atoms with Gasteiger partial charge in [0.15, 0.2) is 0 Å². The van der Waals surface area contributed by atoms with E-state index in [4.69, 9.17) is 11.6 Å². The van der Waals surface area contributed by atoms with Crippen LogP contribution in [0.15, 0.2) is 77.7 Å². The lowest BCUT2D eigenvalue weighted by molar-refractivity contribution is -0.128. The van der Waals surface area contributed by atoms with Crippen LogP contribution in [0.2, 0.25) is 5.02 Å². The maximum absolute atomic E-state index is 12.5. The Balaban J connectivity index is 1.31. The van der Waals surface area contributed by atoms with Crippen LogP contribution in [-0.4, -0.2) is 34.8 Å². The molecule has 0 saturated carbocycles. The molecule has 0 unspecified atom stereocenters. The van der Waals surface area contributed by atoms with Gasteiger partial charge in [0.05, 0.1) is 5.75 Å². The highest BCUT2D eigenvalue weighted by Crippen LogP contribution is 2.39. The molecule has 3 aromatic rings. The predicted octanol–water partition coefficient (Wildman–Crippen LogP) is 5.94. The highest BCUT2D eigenvalue weighted by atomic mass is 35.5. The first kappa shape index (κ1) is 23.7. The fraction of sp³-hybridized carbons (Fsp3) is 0.231. The Kier molecular flexibility index (Phi) is 8.02. The minimum absolute atomic E-state index is 0.0591. The first-order valence-electron chi connectivity index (χ1n) is 10.7. The maximum atomic E-state index is 12.5. The molecule has 0 bridgehead atoms. The lowest BCUT2D eigenvalue weighted by Gasteiger charge is -2.24. The molecule has 0 aromatic heterocycles. The summed E-state index contributed by atoms with van der Waals surface area (Å²) < 4.78 is 0. The molecule has 170 valence electrons. The van der Waals surface area contributed by atoms with Crippen LogP contribution in [0.3, 0.4) is 0 Å². The number of halogens is 1. The first-order chi connectivity index (χ1) is 16.0. The van der Waals surface area contributed by atoms with Crippen LogP contribution >= 0.6 is 35.1 Å². The molecule has 1 atom stereocenters. The summed E-state index contributed by atoms with van der Waals surface area (Å²) in [6.45, 7) is 3.20. The van der Waals surface area contributed by atoms with Gasteiger partial charge in [0, 0.05) is 34.3 Å². The van der Waals surface area contributed by atoms with E-state index >= 15 is 0 Å². The third kappa shape index (κ3) is 6.34. The van der Waals surface area contributed by atoms with Crippen molar-refractivity contribution in [3.05, 3.63) is 100 Å². The Morgan fingerprint density at radius 3 is 2.45 bits per heavy atom. The number of hydrogen-bond acceptors (Lipinski definition) is 4. The van der Waals surface area contributed by atoms with Gasteiger partial charge in [-0.05, 0) is 54.4 Å². The first-order valence-corrected chi connectivity index (χ1v) is 13.1. The van der Waals surface area contributed by atoms with Crippen molar-refractivity contribution < 1.29 is 9.59 Å².